The first-order chi connectivity index (χ1) is 15.2. The number of piperazine rings is 1. The summed E-state index contributed by atoms with van der Waals surface area (Å²) in [4.78, 5) is 21.7. The molecule has 0 bridgehead atoms. The Morgan fingerprint density at radius 3 is 2.39 bits per heavy atom. The van der Waals surface area contributed by atoms with Crippen LogP contribution in [0.3, 0.4) is 0 Å². The predicted molar refractivity (Wildman–Crippen MR) is 123 cm³/mol. The van der Waals surface area contributed by atoms with Gasteiger partial charge in [-0.2, -0.15) is 0 Å². The first-order valence-electron chi connectivity index (χ1n) is 12.0. The lowest BCUT2D eigenvalue weighted by Crippen LogP contribution is -2.57. The van der Waals surface area contributed by atoms with E-state index in [9.17, 15) is 4.79 Å². The molecule has 1 amide bonds. The number of para-hydroxylation sites is 2. The van der Waals surface area contributed by atoms with Gasteiger partial charge in [0.25, 0.3) is 0 Å². The number of rotatable bonds is 5. The number of ether oxygens (including phenoxy) is 2. The maximum atomic E-state index is 12.0. The highest BCUT2D eigenvalue weighted by Gasteiger charge is 2.33. The summed E-state index contributed by atoms with van der Waals surface area (Å²) in [6.07, 6.45) is 4.55. The molecule has 3 aliphatic heterocycles. The van der Waals surface area contributed by atoms with Gasteiger partial charge in [-0.3, -0.25) is 9.80 Å². The molecule has 0 spiro atoms. The minimum Gasteiger partial charge on any atom is -0.495 e. The minimum atomic E-state index is -0.148. The van der Waals surface area contributed by atoms with E-state index in [1.165, 1.54) is 31.6 Å². The molecule has 7 nitrogen and oxygen atoms in total. The summed E-state index contributed by atoms with van der Waals surface area (Å²) < 4.78 is 10.7. The molecular formula is C24H38N4O3. The van der Waals surface area contributed by atoms with Crippen molar-refractivity contribution in [3.05, 3.63) is 24.3 Å². The Bertz CT molecular complexity index is 715. The van der Waals surface area contributed by atoms with Crippen LogP contribution in [-0.2, 0) is 4.74 Å². The fraction of sp³-hybridized carbons (Fsp3) is 0.708. The molecule has 31 heavy (non-hydrogen) atoms. The van der Waals surface area contributed by atoms with Crippen molar-refractivity contribution in [2.45, 2.75) is 44.7 Å². The van der Waals surface area contributed by atoms with Gasteiger partial charge < -0.3 is 19.3 Å². The van der Waals surface area contributed by atoms with Crippen LogP contribution in [0.25, 0.3) is 0 Å². The van der Waals surface area contributed by atoms with Gasteiger partial charge in [-0.05, 0) is 51.3 Å². The molecule has 3 heterocycles. The number of likely N-dealkylation sites (tertiary alicyclic amines) is 2. The van der Waals surface area contributed by atoms with E-state index in [0.717, 1.165) is 57.9 Å². The van der Waals surface area contributed by atoms with E-state index in [1.54, 1.807) is 7.11 Å². The fourth-order valence-electron chi connectivity index (χ4n) is 5.46. The van der Waals surface area contributed by atoms with Gasteiger partial charge >= 0.3 is 6.09 Å². The zero-order valence-electron chi connectivity index (χ0n) is 19.2. The normalized spacial score (nSPS) is 24.3. The predicted octanol–water partition coefficient (Wildman–Crippen LogP) is 2.90. The zero-order chi connectivity index (χ0) is 21.6. The van der Waals surface area contributed by atoms with Crippen molar-refractivity contribution in [2.75, 3.05) is 71.0 Å². The summed E-state index contributed by atoms with van der Waals surface area (Å²) in [6.45, 7) is 10.6. The van der Waals surface area contributed by atoms with E-state index in [2.05, 4.69) is 26.8 Å². The van der Waals surface area contributed by atoms with Gasteiger partial charge in [-0.1, -0.05) is 12.1 Å². The Labute approximate surface area is 186 Å². The van der Waals surface area contributed by atoms with Crippen LogP contribution in [-0.4, -0.2) is 99.0 Å². The van der Waals surface area contributed by atoms with Crippen LogP contribution in [0.5, 0.6) is 5.75 Å². The highest BCUT2D eigenvalue weighted by molar-refractivity contribution is 5.67. The largest absolute Gasteiger partial charge is 0.495 e. The fourth-order valence-corrected chi connectivity index (χ4v) is 5.46. The highest BCUT2D eigenvalue weighted by atomic mass is 16.6. The Balaban J connectivity index is 1.27. The van der Waals surface area contributed by atoms with Gasteiger partial charge in [-0.25, -0.2) is 4.79 Å². The number of hydrogen-bond donors (Lipinski definition) is 0. The second-order valence-electron chi connectivity index (χ2n) is 8.90. The van der Waals surface area contributed by atoms with Gasteiger partial charge in [0.2, 0.25) is 0 Å². The summed E-state index contributed by atoms with van der Waals surface area (Å²) in [7, 11) is 1.75. The Hall–Kier alpha value is -1.99. The van der Waals surface area contributed by atoms with Crippen molar-refractivity contribution in [2.24, 2.45) is 0 Å². The summed E-state index contributed by atoms with van der Waals surface area (Å²) >= 11 is 0. The lowest BCUT2D eigenvalue weighted by molar-refractivity contribution is 0.0376. The van der Waals surface area contributed by atoms with E-state index in [0.29, 0.717) is 18.7 Å². The van der Waals surface area contributed by atoms with Gasteiger partial charge in [-0.15, -0.1) is 0 Å². The molecule has 7 heteroatoms. The molecule has 3 aliphatic rings. The number of carbonyl (C=O) groups excluding carboxylic acids is 1. The number of anilines is 1. The molecule has 1 atom stereocenters. The number of benzene rings is 1. The maximum absolute atomic E-state index is 12.0. The molecule has 0 unspecified atom stereocenters. The third kappa shape index (κ3) is 5.26. The minimum absolute atomic E-state index is 0.148. The second kappa shape index (κ2) is 10.6. The zero-order valence-corrected chi connectivity index (χ0v) is 19.2. The molecule has 4 rings (SSSR count). The quantitative estimate of drug-likeness (QED) is 0.716. The lowest BCUT2D eigenvalue weighted by atomic mass is 9.97. The van der Waals surface area contributed by atoms with Crippen molar-refractivity contribution >= 4 is 11.8 Å². The van der Waals surface area contributed by atoms with Crippen molar-refractivity contribution in [1.82, 2.24) is 14.7 Å². The average molecular weight is 431 g/mol. The SMILES string of the molecule is CCOC(=O)N1CCC(N2CCC[C@H](N3CCN(c4ccccc4OC)CC3)C2)CC1. The first-order valence-corrected chi connectivity index (χ1v) is 12.0. The molecular weight excluding hydrogens is 392 g/mol. The molecule has 0 N–H and O–H groups in total. The topological polar surface area (TPSA) is 48.5 Å². The number of methoxy groups -OCH3 is 1. The van der Waals surface area contributed by atoms with Gasteiger partial charge in [0.1, 0.15) is 5.75 Å². The molecule has 0 aliphatic carbocycles. The molecule has 0 aromatic heterocycles. The van der Waals surface area contributed by atoms with Crippen molar-refractivity contribution in [3.8, 4) is 5.75 Å². The third-order valence-electron chi connectivity index (χ3n) is 7.19. The number of amides is 1. The highest BCUT2D eigenvalue weighted by Crippen LogP contribution is 2.30. The monoisotopic (exact) mass is 430 g/mol. The van der Waals surface area contributed by atoms with Crippen LogP contribution in [0.15, 0.2) is 24.3 Å². The molecule has 3 saturated heterocycles. The summed E-state index contributed by atoms with van der Waals surface area (Å²) in [5, 5.41) is 0. The van der Waals surface area contributed by atoms with E-state index in [4.69, 9.17) is 9.47 Å². The molecule has 172 valence electrons. The average Bonchev–Trinajstić information content (AvgIpc) is 2.84. The lowest BCUT2D eigenvalue weighted by Gasteiger charge is -2.47. The van der Waals surface area contributed by atoms with Crippen LogP contribution in [0.2, 0.25) is 0 Å². The molecule has 0 saturated carbocycles. The third-order valence-corrected chi connectivity index (χ3v) is 7.19. The van der Waals surface area contributed by atoms with E-state index >= 15 is 0 Å². The second-order valence-corrected chi connectivity index (χ2v) is 8.90. The Morgan fingerprint density at radius 1 is 0.935 bits per heavy atom. The summed E-state index contributed by atoms with van der Waals surface area (Å²) in [5.41, 5.74) is 1.21. The van der Waals surface area contributed by atoms with Crippen LogP contribution < -0.4 is 9.64 Å². The molecule has 1 aromatic carbocycles. The van der Waals surface area contributed by atoms with E-state index in [1.807, 2.05) is 24.0 Å². The standard InChI is InChI=1S/C24H38N4O3/c1-3-31-24(29)27-13-10-20(11-14-27)28-12-6-7-21(19-28)25-15-17-26(18-16-25)22-8-4-5-9-23(22)30-2/h4-5,8-9,20-21H,3,6-7,10-19H2,1-2H3/t21-/m0/s1. The van der Waals surface area contributed by atoms with Gasteiger partial charge in [0.05, 0.1) is 19.4 Å². The number of piperidine rings is 2. The first kappa shape index (κ1) is 22.2. The van der Waals surface area contributed by atoms with Gasteiger partial charge in [0.15, 0.2) is 0 Å². The van der Waals surface area contributed by atoms with Crippen molar-refractivity contribution in [1.29, 1.82) is 0 Å². The van der Waals surface area contributed by atoms with Crippen LogP contribution >= 0.6 is 0 Å². The van der Waals surface area contributed by atoms with Crippen molar-refractivity contribution < 1.29 is 14.3 Å². The van der Waals surface area contributed by atoms with Crippen LogP contribution in [0, 0.1) is 0 Å². The molecule has 1 aromatic rings. The number of carbonyl (C=O) groups is 1. The van der Waals surface area contributed by atoms with Crippen LogP contribution in [0.4, 0.5) is 10.5 Å². The van der Waals surface area contributed by atoms with Gasteiger partial charge in [0, 0.05) is 57.9 Å². The molecule has 3 fully saturated rings. The summed E-state index contributed by atoms with van der Waals surface area (Å²) in [5.74, 6) is 0.967. The molecule has 0 radical (unpaired) electrons. The maximum Gasteiger partial charge on any atom is 0.409 e. The summed E-state index contributed by atoms with van der Waals surface area (Å²) in [6, 6.07) is 9.59. The number of hydrogen-bond acceptors (Lipinski definition) is 6. The Kier molecular flexibility index (Phi) is 7.56. The number of nitrogens with zero attached hydrogens (tertiary/aromatic N) is 4. The van der Waals surface area contributed by atoms with Crippen molar-refractivity contribution in [3.63, 3.8) is 0 Å². The van der Waals surface area contributed by atoms with Crippen LogP contribution in [0.1, 0.15) is 32.6 Å². The van der Waals surface area contributed by atoms with E-state index < -0.39 is 0 Å². The van der Waals surface area contributed by atoms with E-state index in [-0.39, 0.29) is 6.09 Å². The smallest absolute Gasteiger partial charge is 0.409 e. The Morgan fingerprint density at radius 2 is 1.68 bits per heavy atom.